The van der Waals surface area contributed by atoms with Gasteiger partial charge in [-0.05, 0) is 6.42 Å². The highest BCUT2D eigenvalue weighted by molar-refractivity contribution is 5.70. The molecule has 0 aromatic carbocycles. The van der Waals surface area contributed by atoms with Gasteiger partial charge in [0.15, 0.2) is 0 Å². The predicted molar refractivity (Wildman–Crippen MR) is 29.1 cm³/mol. The zero-order valence-corrected chi connectivity index (χ0v) is 4.94. The molecule has 0 atom stereocenters. The van der Waals surface area contributed by atoms with Crippen molar-refractivity contribution in [3.63, 3.8) is 0 Å². The standard InChI is InChI=1S/C6H9O2/c1-5-2-3-6(7)8-4-5/h2-4H2,1H3. The molecule has 2 heteroatoms. The molecule has 0 amide bonds. The van der Waals surface area contributed by atoms with Gasteiger partial charge in [-0.3, -0.25) is 4.79 Å². The molecule has 0 saturated carbocycles. The highest BCUT2D eigenvalue weighted by Gasteiger charge is 2.15. The molecule has 0 unspecified atom stereocenters. The summed E-state index contributed by atoms with van der Waals surface area (Å²) in [5.41, 5.74) is 0. The molecule has 45 valence electrons. The number of hydrogen-bond acceptors (Lipinski definition) is 2. The summed E-state index contributed by atoms with van der Waals surface area (Å²) in [7, 11) is 0. The topological polar surface area (TPSA) is 26.3 Å². The van der Waals surface area contributed by atoms with E-state index in [0.717, 1.165) is 6.42 Å². The second-order valence-electron chi connectivity index (χ2n) is 2.12. The molecular weight excluding hydrogens is 104 g/mol. The van der Waals surface area contributed by atoms with E-state index in [2.05, 4.69) is 0 Å². The van der Waals surface area contributed by atoms with Gasteiger partial charge in [0, 0.05) is 12.3 Å². The number of carbonyl (C=O) groups excluding carboxylic acids is 1. The summed E-state index contributed by atoms with van der Waals surface area (Å²) < 4.78 is 4.71. The van der Waals surface area contributed by atoms with E-state index >= 15 is 0 Å². The molecule has 1 rings (SSSR count). The normalized spacial score (nSPS) is 22.9. The number of carbonyl (C=O) groups is 1. The quantitative estimate of drug-likeness (QED) is 0.436. The van der Waals surface area contributed by atoms with Crippen LogP contribution in [0, 0.1) is 5.92 Å². The van der Waals surface area contributed by atoms with Crippen molar-refractivity contribution >= 4 is 5.97 Å². The van der Waals surface area contributed by atoms with Crippen LogP contribution in [0.1, 0.15) is 19.8 Å². The molecule has 0 aromatic heterocycles. The first kappa shape index (κ1) is 5.60. The summed E-state index contributed by atoms with van der Waals surface area (Å²) in [4.78, 5) is 10.4. The second-order valence-corrected chi connectivity index (χ2v) is 2.12. The molecule has 1 heterocycles. The average Bonchev–Trinajstić information content (AvgIpc) is 1.77. The maximum atomic E-state index is 10.4. The minimum absolute atomic E-state index is 0.0596. The van der Waals surface area contributed by atoms with Crippen molar-refractivity contribution in [1.82, 2.24) is 0 Å². The summed E-state index contributed by atoms with van der Waals surface area (Å²) in [6, 6.07) is 0. The number of cyclic esters (lactones) is 1. The van der Waals surface area contributed by atoms with Crippen molar-refractivity contribution in [3.8, 4) is 0 Å². The molecule has 0 spiro atoms. The summed E-state index contributed by atoms with van der Waals surface area (Å²) in [5.74, 6) is 1.21. The van der Waals surface area contributed by atoms with Gasteiger partial charge in [-0.2, -0.15) is 0 Å². The molecule has 1 saturated heterocycles. The Bertz CT molecular complexity index is 88.7. The van der Waals surface area contributed by atoms with Gasteiger partial charge in [-0.25, -0.2) is 0 Å². The molecule has 1 aliphatic heterocycles. The van der Waals surface area contributed by atoms with Crippen molar-refractivity contribution < 1.29 is 9.53 Å². The van der Waals surface area contributed by atoms with Crippen molar-refractivity contribution in [2.24, 2.45) is 0 Å². The van der Waals surface area contributed by atoms with Crippen LogP contribution in [0.15, 0.2) is 0 Å². The summed E-state index contributed by atoms with van der Waals surface area (Å²) in [6.45, 7) is 2.55. The first-order chi connectivity index (χ1) is 3.79. The molecule has 1 fully saturated rings. The van der Waals surface area contributed by atoms with Crippen LogP contribution in [0.2, 0.25) is 0 Å². The lowest BCUT2D eigenvalue weighted by Crippen LogP contribution is -2.17. The fourth-order valence-corrected chi connectivity index (χ4v) is 0.663. The van der Waals surface area contributed by atoms with Gasteiger partial charge >= 0.3 is 5.97 Å². The highest BCUT2D eigenvalue weighted by atomic mass is 16.5. The lowest BCUT2D eigenvalue weighted by molar-refractivity contribution is -0.145. The predicted octanol–water partition coefficient (Wildman–Crippen LogP) is 0.918. The van der Waals surface area contributed by atoms with Crippen molar-refractivity contribution in [1.29, 1.82) is 0 Å². The van der Waals surface area contributed by atoms with Crippen LogP contribution in [-0.4, -0.2) is 12.6 Å². The van der Waals surface area contributed by atoms with Crippen LogP contribution in [-0.2, 0) is 9.53 Å². The van der Waals surface area contributed by atoms with Crippen LogP contribution in [0.5, 0.6) is 0 Å². The van der Waals surface area contributed by atoms with E-state index in [1.807, 2.05) is 6.92 Å². The van der Waals surface area contributed by atoms with Gasteiger partial charge in [0.1, 0.15) is 0 Å². The minimum atomic E-state index is -0.0596. The van der Waals surface area contributed by atoms with E-state index in [4.69, 9.17) is 4.74 Å². The van der Waals surface area contributed by atoms with Gasteiger partial charge in [0.25, 0.3) is 0 Å². The average molecular weight is 113 g/mol. The zero-order valence-electron chi connectivity index (χ0n) is 4.94. The molecule has 0 aromatic rings. The third-order valence-corrected chi connectivity index (χ3v) is 1.24. The molecular formula is C6H9O2. The molecule has 8 heavy (non-hydrogen) atoms. The number of esters is 1. The van der Waals surface area contributed by atoms with Crippen molar-refractivity contribution in [2.45, 2.75) is 19.8 Å². The van der Waals surface area contributed by atoms with Crippen LogP contribution < -0.4 is 0 Å². The minimum Gasteiger partial charge on any atom is -0.465 e. The lowest BCUT2D eigenvalue weighted by atomic mass is 10.1. The Morgan fingerprint density at radius 2 is 2.25 bits per heavy atom. The Balaban J connectivity index is 2.29. The maximum Gasteiger partial charge on any atom is 0.305 e. The first-order valence-electron chi connectivity index (χ1n) is 2.76. The van der Waals surface area contributed by atoms with Crippen molar-refractivity contribution in [2.75, 3.05) is 6.61 Å². The summed E-state index contributed by atoms with van der Waals surface area (Å²) in [5, 5.41) is 0. The highest BCUT2D eigenvalue weighted by Crippen LogP contribution is 2.14. The zero-order chi connectivity index (χ0) is 5.98. The van der Waals surface area contributed by atoms with Gasteiger partial charge in [-0.1, -0.05) is 6.92 Å². The Hall–Kier alpha value is -0.530. The largest absolute Gasteiger partial charge is 0.465 e. The fraction of sp³-hybridized carbons (Fsp3) is 0.667. The van der Waals surface area contributed by atoms with Crippen LogP contribution in [0.3, 0.4) is 0 Å². The van der Waals surface area contributed by atoms with Crippen LogP contribution in [0.25, 0.3) is 0 Å². The SMILES string of the molecule is C[C]1CCC(=O)OC1. The Morgan fingerprint density at radius 3 is 2.62 bits per heavy atom. The van der Waals surface area contributed by atoms with Crippen LogP contribution >= 0.6 is 0 Å². The smallest absolute Gasteiger partial charge is 0.305 e. The molecule has 0 aliphatic carbocycles. The van der Waals surface area contributed by atoms with Crippen molar-refractivity contribution in [3.05, 3.63) is 5.92 Å². The van der Waals surface area contributed by atoms with Crippen LogP contribution in [0.4, 0.5) is 0 Å². The molecule has 1 radical (unpaired) electrons. The molecule has 1 aliphatic rings. The first-order valence-corrected chi connectivity index (χ1v) is 2.76. The number of hydrogen-bond donors (Lipinski definition) is 0. The third-order valence-electron chi connectivity index (χ3n) is 1.24. The third kappa shape index (κ3) is 1.22. The van der Waals surface area contributed by atoms with Gasteiger partial charge in [0.2, 0.25) is 0 Å². The summed E-state index contributed by atoms with van der Waals surface area (Å²) in [6.07, 6.45) is 1.49. The summed E-state index contributed by atoms with van der Waals surface area (Å²) >= 11 is 0. The van der Waals surface area contributed by atoms with E-state index < -0.39 is 0 Å². The Labute approximate surface area is 48.8 Å². The fourth-order valence-electron chi connectivity index (χ4n) is 0.663. The van der Waals surface area contributed by atoms with E-state index in [1.165, 1.54) is 5.92 Å². The molecule has 0 bridgehead atoms. The maximum absolute atomic E-state index is 10.4. The second kappa shape index (κ2) is 2.16. The number of rotatable bonds is 0. The van der Waals surface area contributed by atoms with E-state index in [1.54, 1.807) is 0 Å². The van der Waals surface area contributed by atoms with Gasteiger partial charge < -0.3 is 4.74 Å². The van der Waals surface area contributed by atoms with Gasteiger partial charge in [-0.15, -0.1) is 0 Å². The molecule has 2 nitrogen and oxygen atoms in total. The van der Waals surface area contributed by atoms with E-state index in [0.29, 0.717) is 13.0 Å². The monoisotopic (exact) mass is 113 g/mol. The molecule has 0 N–H and O–H groups in total. The lowest BCUT2D eigenvalue weighted by Gasteiger charge is -2.15. The Morgan fingerprint density at radius 1 is 1.50 bits per heavy atom. The van der Waals surface area contributed by atoms with E-state index in [9.17, 15) is 4.79 Å². The number of ether oxygens (including phenoxy) is 1. The van der Waals surface area contributed by atoms with Gasteiger partial charge in [0.05, 0.1) is 6.61 Å². The Kier molecular flexibility index (Phi) is 1.51. The van der Waals surface area contributed by atoms with E-state index in [-0.39, 0.29) is 5.97 Å².